The van der Waals surface area contributed by atoms with Crippen LogP contribution in [0, 0.1) is 0 Å². The van der Waals surface area contributed by atoms with Crippen LogP contribution in [0.2, 0.25) is 0 Å². The predicted molar refractivity (Wildman–Crippen MR) is 128 cm³/mol. The van der Waals surface area contributed by atoms with Crippen LogP contribution in [0.15, 0.2) is 65.3 Å². The molecule has 3 rings (SSSR count). The van der Waals surface area contributed by atoms with E-state index in [9.17, 15) is 9.59 Å². The summed E-state index contributed by atoms with van der Waals surface area (Å²) in [6.45, 7) is 2.17. The van der Waals surface area contributed by atoms with Gasteiger partial charge in [0.15, 0.2) is 0 Å². The minimum Gasteiger partial charge on any atom is -0.469 e. The summed E-state index contributed by atoms with van der Waals surface area (Å²) < 4.78 is 4.78. The first-order chi connectivity index (χ1) is 15.1. The fraction of sp³-hybridized carbons (Fsp3) is 0.292. The monoisotopic (exact) mass is 437 g/mol. The molecule has 1 heterocycles. The zero-order valence-electron chi connectivity index (χ0n) is 17.8. The van der Waals surface area contributed by atoms with Crippen molar-refractivity contribution in [1.29, 1.82) is 0 Å². The van der Waals surface area contributed by atoms with Crippen molar-refractivity contribution in [1.82, 2.24) is 0 Å². The highest BCUT2D eigenvalue weighted by molar-refractivity contribution is 8.14. The van der Waals surface area contributed by atoms with Gasteiger partial charge in [-0.15, -0.1) is 0 Å². The van der Waals surface area contributed by atoms with Crippen LogP contribution in [0.4, 0.5) is 17.1 Å². The number of methoxy groups -OCH3 is 1. The highest BCUT2D eigenvalue weighted by atomic mass is 32.2. The van der Waals surface area contributed by atoms with E-state index in [0.717, 1.165) is 36.3 Å². The van der Waals surface area contributed by atoms with Gasteiger partial charge in [-0.05, 0) is 48.7 Å². The summed E-state index contributed by atoms with van der Waals surface area (Å²) in [7, 11) is 1.36. The van der Waals surface area contributed by atoms with Gasteiger partial charge in [-0.2, -0.15) is 0 Å². The minimum absolute atomic E-state index is 0.0982. The maximum atomic E-state index is 12.5. The molecule has 6 nitrogen and oxygen atoms in total. The average Bonchev–Trinajstić information content (AvgIpc) is 2.95. The first kappa shape index (κ1) is 22.6. The fourth-order valence-corrected chi connectivity index (χ4v) is 3.79. The summed E-state index contributed by atoms with van der Waals surface area (Å²) in [5.41, 5.74) is 4.29. The van der Waals surface area contributed by atoms with E-state index < -0.39 is 0 Å². The van der Waals surface area contributed by atoms with Crippen LogP contribution in [-0.2, 0) is 20.7 Å². The van der Waals surface area contributed by atoms with Crippen molar-refractivity contribution in [3.8, 4) is 0 Å². The first-order valence-electron chi connectivity index (χ1n) is 10.3. The van der Waals surface area contributed by atoms with Gasteiger partial charge in [0.05, 0.1) is 35.7 Å². The van der Waals surface area contributed by atoms with Crippen molar-refractivity contribution < 1.29 is 14.3 Å². The molecule has 162 valence electrons. The third kappa shape index (κ3) is 7.00. The number of carbonyl (C=O) groups is 2. The molecule has 0 saturated carbocycles. The van der Waals surface area contributed by atoms with Gasteiger partial charge in [0.1, 0.15) is 0 Å². The molecule has 0 aromatic heterocycles. The lowest BCUT2D eigenvalue weighted by Crippen LogP contribution is -2.15. The summed E-state index contributed by atoms with van der Waals surface area (Å²) in [5, 5.41) is 6.81. The molecule has 1 aliphatic heterocycles. The van der Waals surface area contributed by atoms with Gasteiger partial charge >= 0.3 is 5.97 Å². The van der Waals surface area contributed by atoms with Crippen LogP contribution < -0.4 is 10.6 Å². The Kier molecular flexibility index (Phi) is 8.29. The van der Waals surface area contributed by atoms with Crippen LogP contribution >= 0.6 is 11.8 Å². The molecule has 0 aliphatic carbocycles. The van der Waals surface area contributed by atoms with Crippen molar-refractivity contribution in [3.05, 3.63) is 65.9 Å². The zero-order valence-corrected chi connectivity index (χ0v) is 18.6. The number of fused-ring (bicyclic) bond motifs is 1. The molecular formula is C24H27N3O3S. The third-order valence-electron chi connectivity index (χ3n) is 4.70. The van der Waals surface area contributed by atoms with Crippen LogP contribution in [0.3, 0.4) is 0 Å². The van der Waals surface area contributed by atoms with E-state index in [4.69, 9.17) is 4.74 Å². The Morgan fingerprint density at radius 2 is 1.90 bits per heavy atom. The van der Waals surface area contributed by atoms with E-state index >= 15 is 0 Å². The quantitative estimate of drug-likeness (QED) is 0.548. The van der Waals surface area contributed by atoms with E-state index in [-0.39, 0.29) is 24.1 Å². The number of nitrogens with one attached hydrogen (secondary N) is 2. The number of nitrogens with zero attached hydrogens (tertiary/aromatic N) is 1. The molecule has 0 saturated heterocycles. The Morgan fingerprint density at radius 1 is 1.13 bits per heavy atom. The minimum atomic E-state index is -0.345. The van der Waals surface area contributed by atoms with Gasteiger partial charge in [-0.3, -0.25) is 9.59 Å². The topological polar surface area (TPSA) is 79.8 Å². The zero-order chi connectivity index (χ0) is 22.1. The molecular weight excluding hydrogens is 410 g/mol. The van der Waals surface area contributed by atoms with E-state index in [2.05, 4.69) is 34.7 Å². The number of esters is 1. The SMILES string of the molecule is CCCCc1ccc(NC(=O)CSC2=Nc3ccccc3NC(CC(=O)OC)=C2)cc1. The second kappa shape index (κ2) is 11.4. The number of unbranched alkanes of at least 4 members (excludes halogenated alkanes) is 1. The molecule has 0 unspecified atom stereocenters. The number of aliphatic imine (C=N–C) groups is 1. The summed E-state index contributed by atoms with van der Waals surface area (Å²) in [6.07, 6.45) is 5.26. The van der Waals surface area contributed by atoms with Crippen LogP contribution in [0.5, 0.6) is 0 Å². The Balaban J connectivity index is 1.64. The van der Waals surface area contributed by atoms with Gasteiger partial charge in [-0.1, -0.05) is 49.4 Å². The maximum Gasteiger partial charge on any atom is 0.311 e. The number of rotatable bonds is 8. The lowest BCUT2D eigenvalue weighted by molar-refractivity contribution is -0.139. The molecule has 0 fully saturated rings. The fourth-order valence-electron chi connectivity index (χ4n) is 3.05. The molecule has 0 atom stereocenters. The second-order valence-corrected chi connectivity index (χ2v) is 8.15. The van der Waals surface area contributed by atoms with Gasteiger partial charge in [-0.25, -0.2) is 4.99 Å². The van der Waals surface area contributed by atoms with Crippen molar-refractivity contribution in [2.45, 2.75) is 32.6 Å². The Labute approximate surface area is 187 Å². The standard InChI is InChI=1S/C24H27N3O3S/c1-3-4-7-17-10-12-18(13-11-17)26-22(28)16-31-23-14-19(15-24(29)30-2)25-20-8-5-6-9-21(20)27-23/h5-6,8-14,25H,3-4,7,15-16H2,1-2H3,(H,26,28). The summed E-state index contributed by atoms with van der Waals surface area (Å²) in [5.74, 6) is -0.245. The number of amides is 1. The molecule has 1 aliphatic rings. The number of benzene rings is 2. The molecule has 31 heavy (non-hydrogen) atoms. The summed E-state index contributed by atoms with van der Waals surface area (Å²) in [4.78, 5) is 28.9. The van der Waals surface area contributed by atoms with E-state index in [1.807, 2.05) is 36.4 Å². The van der Waals surface area contributed by atoms with Crippen LogP contribution in [-0.4, -0.2) is 29.8 Å². The predicted octanol–water partition coefficient (Wildman–Crippen LogP) is 5.30. The van der Waals surface area contributed by atoms with E-state index in [1.54, 1.807) is 6.08 Å². The first-order valence-corrected chi connectivity index (χ1v) is 11.3. The van der Waals surface area contributed by atoms with Gasteiger partial charge < -0.3 is 15.4 Å². The van der Waals surface area contributed by atoms with E-state index in [0.29, 0.717) is 10.7 Å². The molecule has 2 aromatic carbocycles. The molecule has 7 heteroatoms. The Hall–Kier alpha value is -3.06. The summed E-state index contributed by atoms with van der Waals surface area (Å²) >= 11 is 1.32. The largest absolute Gasteiger partial charge is 0.469 e. The third-order valence-corrected chi connectivity index (χ3v) is 5.61. The van der Waals surface area contributed by atoms with Crippen molar-refractivity contribution in [2.24, 2.45) is 4.99 Å². The smallest absolute Gasteiger partial charge is 0.311 e. The number of para-hydroxylation sites is 2. The average molecular weight is 438 g/mol. The van der Waals surface area contributed by atoms with Crippen molar-refractivity contribution >= 4 is 45.7 Å². The summed E-state index contributed by atoms with van der Waals surface area (Å²) in [6, 6.07) is 15.6. The Bertz CT molecular complexity index is 984. The number of hydrogen-bond acceptors (Lipinski definition) is 6. The normalized spacial score (nSPS) is 12.6. The second-order valence-electron chi connectivity index (χ2n) is 7.15. The van der Waals surface area contributed by atoms with Crippen LogP contribution in [0.25, 0.3) is 0 Å². The number of ether oxygens (including phenoxy) is 1. The molecule has 1 amide bonds. The number of carbonyl (C=O) groups excluding carboxylic acids is 2. The van der Waals surface area contributed by atoms with Gasteiger partial charge in [0, 0.05) is 11.4 Å². The molecule has 0 radical (unpaired) electrons. The number of aryl methyl sites for hydroxylation is 1. The van der Waals surface area contributed by atoms with Crippen LogP contribution in [0.1, 0.15) is 31.7 Å². The van der Waals surface area contributed by atoms with Crippen molar-refractivity contribution in [3.63, 3.8) is 0 Å². The molecule has 2 aromatic rings. The molecule has 0 spiro atoms. The lowest BCUT2D eigenvalue weighted by Gasteiger charge is -2.09. The highest BCUT2D eigenvalue weighted by Crippen LogP contribution is 2.31. The highest BCUT2D eigenvalue weighted by Gasteiger charge is 2.15. The van der Waals surface area contributed by atoms with Gasteiger partial charge in [0.25, 0.3) is 0 Å². The number of anilines is 2. The Morgan fingerprint density at radius 3 is 2.65 bits per heavy atom. The maximum absolute atomic E-state index is 12.5. The van der Waals surface area contributed by atoms with E-state index in [1.165, 1.54) is 24.4 Å². The van der Waals surface area contributed by atoms with Crippen molar-refractivity contribution in [2.75, 3.05) is 23.5 Å². The number of hydrogen-bond donors (Lipinski definition) is 2. The molecule has 2 N–H and O–H groups in total. The lowest BCUT2D eigenvalue weighted by atomic mass is 10.1. The molecule has 0 bridgehead atoms. The number of thioether (sulfide) groups is 1. The van der Waals surface area contributed by atoms with Gasteiger partial charge in [0.2, 0.25) is 5.91 Å².